The van der Waals surface area contributed by atoms with E-state index in [-0.39, 0.29) is 11.8 Å². The molecule has 0 unspecified atom stereocenters. The van der Waals surface area contributed by atoms with Gasteiger partial charge in [0.25, 0.3) is 5.91 Å². The van der Waals surface area contributed by atoms with Gasteiger partial charge >= 0.3 is 0 Å². The number of thioether (sulfide) groups is 1. The van der Waals surface area contributed by atoms with Crippen LogP contribution in [0.4, 0.5) is 5.95 Å². The summed E-state index contributed by atoms with van der Waals surface area (Å²) in [4.78, 5) is 38.4. The number of benzene rings is 1. The summed E-state index contributed by atoms with van der Waals surface area (Å²) in [7, 11) is 1.53. The molecular weight excluding hydrogens is 402 g/mol. The average molecular weight is 430 g/mol. The van der Waals surface area contributed by atoms with Crippen LogP contribution in [0, 0.1) is 0 Å². The minimum Gasteiger partial charge on any atom is -0.496 e. The van der Waals surface area contributed by atoms with Crippen molar-refractivity contribution in [2.75, 3.05) is 50.2 Å². The number of hydrogen-bond donors (Lipinski definition) is 1. The first-order chi connectivity index (χ1) is 14.6. The Labute approximate surface area is 181 Å². The predicted molar refractivity (Wildman–Crippen MR) is 118 cm³/mol. The highest BCUT2D eigenvalue weighted by Gasteiger charge is 2.29. The first-order valence-corrected chi connectivity index (χ1v) is 11.3. The number of aromatic nitrogens is 2. The van der Waals surface area contributed by atoms with Crippen LogP contribution in [-0.4, -0.2) is 78.0 Å². The van der Waals surface area contributed by atoms with Crippen molar-refractivity contribution in [3.05, 3.63) is 48.3 Å². The fourth-order valence-corrected chi connectivity index (χ4v) is 3.83. The number of carbonyl (C=O) groups is 2. The summed E-state index contributed by atoms with van der Waals surface area (Å²) in [5.41, 5.74) is 0.424. The summed E-state index contributed by atoms with van der Waals surface area (Å²) < 4.78 is 5.28. The van der Waals surface area contributed by atoms with Crippen molar-refractivity contribution >= 4 is 29.5 Å². The lowest BCUT2D eigenvalue weighted by atomic mass is 10.1. The molecule has 1 aliphatic heterocycles. The summed E-state index contributed by atoms with van der Waals surface area (Å²) in [6, 6.07) is 8.23. The van der Waals surface area contributed by atoms with Crippen LogP contribution in [0.3, 0.4) is 0 Å². The Morgan fingerprint density at radius 3 is 2.50 bits per heavy atom. The van der Waals surface area contributed by atoms with E-state index in [1.807, 2.05) is 17.2 Å². The van der Waals surface area contributed by atoms with Gasteiger partial charge in [0.05, 0.1) is 12.7 Å². The minimum atomic E-state index is -0.575. The topological polar surface area (TPSA) is 87.7 Å². The van der Waals surface area contributed by atoms with Gasteiger partial charge in [0.15, 0.2) is 0 Å². The molecule has 1 atom stereocenters. The Hall–Kier alpha value is -2.81. The number of ether oxygens (including phenoxy) is 1. The van der Waals surface area contributed by atoms with Crippen molar-refractivity contribution in [1.29, 1.82) is 0 Å². The zero-order chi connectivity index (χ0) is 21.3. The predicted octanol–water partition coefficient (Wildman–Crippen LogP) is 1.69. The summed E-state index contributed by atoms with van der Waals surface area (Å²) in [6.45, 7) is 2.45. The molecule has 0 aliphatic carbocycles. The molecule has 1 saturated heterocycles. The second kappa shape index (κ2) is 10.8. The number of nitrogens with zero attached hydrogens (tertiary/aromatic N) is 4. The van der Waals surface area contributed by atoms with Crippen LogP contribution in [0.1, 0.15) is 16.8 Å². The second-order valence-electron chi connectivity index (χ2n) is 6.87. The van der Waals surface area contributed by atoms with E-state index >= 15 is 0 Å². The fourth-order valence-electron chi connectivity index (χ4n) is 3.36. The van der Waals surface area contributed by atoms with Crippen molar-refractivity contribution in [3.8, 4) is 5.75 Å². The molecule has 8 nitrogen and oxygen atoms in total. The van der Waals surface area contributed by atoms with Crippen LogP contribution in [0.15, 0.2) is 42.7 Å². The number of piperazine rings is 1. The van der Waals surface area contributed by atoms with Crippen LogP contribution < -0.4 is 15.0 Å². The highest BCUT2D eigenvalue weighted by molar-refractivity contribution is 7.98. The number of rotatable bonds is 8. The Bertz CT molecular complexity index is 844. The summed E-state index contributed by atoms with van der Waals surface area (Å²) in [6.07, 6.45) is 5.99. The molecule has 1 fully saturated rings. The maximum absolute atomic E-state index is 13.2. The number of hydrogen-bond acceptors (Lipinski definition) is 7. The van der Waals surface area contributed by atoms with Crippen molar-refractivity contribution in [1.82, 2.24) is 20.2 Å². The molecule has 30 heavy (non-hydrogen) atoms. The maximum atomic E-state index is 13.2. The third-order valence-corrected chi connectivity index (χ3v) is 5.64. The van der Waals surface area contributed by atoms with Crippen LogP contribution in [-0.2, 0) is 4.79 Å². The lowest BCUT2D eigenvalue weighted by Gasteiger charge is -2.36. The summed E-state index contributed by atoms with van der Waals surface area (Å²) in [5, 5.41) is 2.92. The molecule has 2 amide bonds. The van der Waals surface area contributed by atoms with Crippen molar-refractivity contribution in [3.63, 3.8) is 0 Å². The number of nitrogens with one attached hydrogen (secondary N) is 1. The quantitative estimate of drug-likeness (QED) is 0.683. The third kappa shape index (κ3) is 5.41. The van der Waals surface area contributed by atoms with E-state index in [0.717, 1.165) is 5.75 Å². The molecule has 2 heterocycles. The first-order valence-electron chi connectivity index (χ1n) is 9.87. The SMILES string of the molecule is COc1ccccc1C(=O)N[C@@H](CCSC)C(=O)N1CCN(c2ncccn2)CC1. The van der Waals surface area contributed by atoms with Gasteiger partial charge in [0, 0.05) is 38.6 Å². The van der Waals surface area contributed by atoms with Crippen molar-refractivity contribution < 1.29 is 14.3 Å². The van der Waals surface area contributed by atoms with E-state index in [9.17, 15) is 9.59 Å². The lowest BCUT2D eigenvalue weighted by molar-refractivity contribution is -0.133. The van der Waals surface area contributed by atoms with Crippen molar-refractivity contribution in [2.45, 2.75) is 12.5 Å². The van der Waals surface area contributed by atoms with Gasteiger partial charge in [0.1, 0.15) is 11.8 Å². The molecule has 0 radical (unpaired) electrons. The van der Waals surface area contributed by atoms with Gasteiger partial charge in [-0.15, -0.1) is 0 Å². The van der Waals surface area contributed by atoms with Gasteiger partial charge in [-0.05, 0) is 36.6 Å². The second-order valence-corrected chi connectivity index (χ2v) is 7.85. The van der Waals surface area contributed by atoms with Gasteiger partial charge in [-0.1, -0.05) is 12.1 Å². The normalized spacial score (nSPS) is 14.9. The monoisotopic (exact) mass is 429 g/mol. The fraction of sp³-hybridized carbons (Fsp3) is 0.429. The summed E-state index contributed by atoms with van der Waals surface area (Å²) >= 11 is 1.65. The van der Waals surface area contributed by atoms with Crippen LogP contribution in [0.5, 0.6) is 5.75 Å². The Morgan fingerprint density at radius 2 is 1.83 bits per heavy atom. The van der Waals surface area contributed by atoms with Crippen LogP contribution in [0.2, 0.25) is 0 Å². The molecular formula is C21H27N5O3S. The largest absolute Gasteiger partial charge is 0.496 e. The Balaban J connectivity index is 1.65. The minimum absolute atomic E-state index is 0.0547. The molecule has 0 saturated carbocycles. The molecule has 1 N–H and O–H groups in total. The first kappa shape index (κ1) is 21.9. The van der Waals surface area contributed by atoms with E-state index in [2.05, 4.69) is 20.2 Å². The number of methoxy groups -OCH3 is 1. The van der Waals surface area contributed by atoms with E-state index in [4.69, 9.17) is 4.74 Å². The van der Waals surface area contributed by atoms with Gasteiger partial charge < -0.3 is 19.9 Å². The molecule has 2 aromatic rings. The lowest BCUT2D eigenvalue weighted by Crippen LogP contribution is -2.55. The number of anilines is 1. The number of amides is 2. The molecule has 3 rings (SSSR count). The highest BCUT2D eigenvalue weighted by atomic mass is 32.2. The van der Waals surface area contributed by atoms with E-state index in [1.54, 1.807) is 48.4 Å². The van der Waals surface area contributed by atoms with Gasteiger partial charge in [-0.3, -0.25) is 9.59 Å². The smallest absolute Gasteiger partial charge is 0.255 e. The zero-order valence-electron chi connectivity index (χ0n) is 17.3. The third-order valence-electron chi connectivity index (χ3n) is 4.99. The Morgan fingerprint density at radius 1 is 1.13 bits per heavy atom. The van der Waals surface area contributed by atoms with Gasteiger partial charge in [-0.2, -0.15) is 11.8 Å². The molecule has 1 aromatic heterocycles. The zero-order valence-corrected chi connectivity index (χ0v) is 18.1. The van der Waals surface area contributed by atoms with Crippen LogP contribution in [0.25, 0.3) is 0 Å². The summed E-state index contributed by atoms with van der Waals surface area (Å²) in [5.74, 6) is 1.58. The standard InChI is InChI=1S/C21H27N5O3S/c1-29-18-7-4-3-6-16(18)19(27)24-17(8-15-30-2)20(28)25-11-13-26(14-12-25)21-22-9-5-10-23-21/h3-7,9-10,17H,8,11-15H2,1-2H3,(H,24,27)/t17-/m0/s1. The molecule has 0 bridgehead atoms. The molecule has 1 aromatic carbocycles. The number of para-hydroxylation sites is 1. The van der Waals surface area contributed by atoms with Gasteiger partial charge in [-0.25, -0.2) is 9.97 Å². The molecule has 0 spiro atoms. The van der Waals surface area contributed by atoms with Crippen LogP contribution >= 0.6 is 11.8 Å². The van der Waals surface area contributed by atoms with E-state index in [0.29, 0.717) is 49.9 Å². The number of carbonyl (C=O) groups excluding carboxylic acids is 2. The molecule has 160 valence electrons. The maximum Gasteiger partial charge on any atom is 0.255 e. The van der Waals surface area contributed by atoms with E-state index < -0.39 is 6.04 Å². The molecule has 1 aliphatic rings. The Kier molecular flexibility index (Phi) is 7.89. The van der Waals surface area contributed by atoms with Gasteiger partial charge in [0.2, 0.25) is 11.9 Å². The van der Waals surface area contributed by atoms with E-state index in [1.165, 1.54) is 7.11 Å². The average Bonchev–Trinajstić information content (AvgIpc) is 2.81. The highest BCUT2D eigenvalue weighted by Crippen LogP contribution is 2.18. The molecule has 9 heteroatoms. The van der Waals surface area contributed by atoms with Crippen molar-refractivity contribution in [2.24, 2.45) is 0 Å².